The maximum atomic E-state index is 14.1. The number of nitrogens with zero attached hydrogens (tertiary/aromatic N) is 5. The summed E-state index contributed by atoms with van der Waals surface area (Å²) in [6.07, 6.45) is 0.828. The molecule has 2 aromatic heterocycles. The van der Waals surface area contributed by atoms with Crippen LogP contribution in [0.25, 0.3) is 10.9 Å². The first kappa shape index (κ1) is 27.1. The summed E-state index contributed by atoms with van der Waals surface area (Å²) < 4.78 is 56.3. The first-order valence-electron chi connectivity index (χ1n) is 12.9. The molecule has 4 heterocycles. The molecule has 1 aromatic carbocycles. The smallest absolute Gasteiger partial charge is 0.280 e. The average molecular weight is 562 g/mol. The Morgan fingerprint density at radius 3 is 2.69 bits per heavy atom. The summed E-state index contributed by atoms with van der Waals surface area (Å²) >= 11 is 0. The van der Waals surface area contributed by atoms with Gasteiger partial charge < -0.3 is 18.9 Å². The van der Waals surface area contributed by atoms with Crippen molar-refractivity contribution in [3.05, 3.63) is 51.2 Å². The SMILES string of the molecule is CCN1C[C@H](C)n2c(c(OC)c3c(=O)n4nc(c32)N(C)S(=O)(=O)CCCCOCc2cc(F)ccc2C4)C1=O. The molecule has 1 atom stereocenters. The Balaban J connectivity index is 1.86. The van der Waals surface area contributed by atoms with E-state index in [0.717, 1.165) is 8.99 Å². The number of carbonyl (C=O) groups is 1. The van der Waals surface area contributed by atoms with E-state index in [0.29, 0.717) is 43.7 Å². The lowest BCUT2D eigenvalue weighted by Crippen LogP contribution is -2.42. The molecular weight excluding hydrogens is 529 g/mol. The number of benzene rings is 1. The fourth-order valence-electron chi connectivity index (χ4n) is 5.37. The zero-order valence-corrected chi connectivity index (χ0v) is 23.3. The molecule has 5 rings (SSSR count). The molecule has 210 valence electrons. The van der Waals surface area contributed by atoms with Crippen molar-refractivity contribution in [2.75, 3.05) is 43.9 Å². The van der Waals surface area contributed by atoms with Crippen LogP contribution in [-0.4, -0.2) is 73.2 Å². The number of halogens is 1. The van der Waals surface area contributed by atoms with E-state index in [4.69, 9.17) is 9.47 Å². The molecule has 3 aromatic rings. The molecule has 2 aliphatic heterocycles. The molecule has 0 spiro atoms. The number of aromatic nitrogens is 3. The van der Waals surface area contributed by atoms with Crippen molar-refractivity contribution in [2.24, 2.45) is 0 Å². The molecule has 0 fully saturated rings. The molecule has 2 bridgehead atoms. The van der Waals surface area contributed by atoms with Crippen LogP contribution in [-0.2, 0) is 27.9 Å². The summed E-state index contributed by atoms with van der Waals surface area (Å²) in [5, 5.41) is 4.63. The van der Waals surface area contributed by atoms with Crippen molar-refractivity contribution in [2.45, 2.75) is 45.9 Å². The van der Waals surface area contributed by atoms with E-state index in [9.17, 15) is 22.4 Å². The van der Waals surface area contributed by atoms with Gasteiger partial charge in [0.05, 0.1) is 26.0 Å². The van der Waals surface area contributed by atoms with Crippen molar-refractivity contribution in [1.29, 1.82) is 0 Å². The lowest BCUT2D eigenvalue weighted by Gasteiger charge is -2.33. The van der Waals surface area contributed by atoms with Gasteiger partial charge in [0.25, 0.3) is 11.5 Å². The minimum absolute atomic E-state index is 0.0238. The number of methoxy groups -OCH3 is 1. The highest BCUT2D eigenvalue weighted by molar-refractivity contribution is 7.92. The van der Waals surface area contributed by atoms with Gasteiger partial charge in [-0.1, -0.05) is 6.07 Å². The molecule has 2 aliphatic rings. The van der Waals surface area contributed by atoms with E-state index in [2.05, 4.69) is 5.10 Å². The Labute approximate surface area is 225 Å². The average Bonchev–Trinajstić information content (AvgIpc) is 3.26. The number of carbonyl (C=O) groups excluding carboxylic acids is 1. The highest BCUT2D eigenvalue weighted by Crippen LogP contribution is 2.41. The van der Waals surface area contributed by atoms with Crippen molar-refractivity contribution in [1.82, 2.24) is 19.2 Å². The van der Waals surface area contributed by atoms with Crippen LogP contribution in [0.5, 0.6) is 5.75 Å². The maximum Gasteiger partial charge on any atom is 0.280 e. The van der Waals surface area contributed by atoms with Crippen LogP contribution in [0.2, 0.25) is 0 Å². The Kier molecular flexibility index (Phi) is 7.14. The summed E-state index contributed by atoms with van der Waals surface area (Å²) in [4.78, 5) is 29.1. The number of likely N-dealkylation sites (N-methyl/N-ethyl adjacent to an activating group) is 1. The predicted octanol–water partition coefficient (Wildman–Crippen LogP) is 2.51. The number of anilines is 1. The fraction of sp³-hybridized carbons (Fsp3) is 0.500. The van der Waals surface area contributed by atoms with Gasteiger partial charge in [0.1, 0.15) is 16.7 Å². The number of sulfonamides is 1. The predicted molar refractivity (Wildman–Crippen MR) is 143 cm³/mol. The van der Waals surface area contributed by atoms with Crippen molar-refractivity contribution >= 4 is 32.7 Å². The second-order valence-corrected chi connectivity index (χ2v) is 12.0. The van der Waals surface area contributed by atoms with Crippen molar-refractivity contribution in [3.63, 3.8) is 0 Å². The number of amides is 1. The normalized spacial score (nSPS) is 19.9. The summed E-state index contributed by atoms with van der Waals surface area (Å²) in [5.74, 6) is -0.804. The maximum absolute atomic E-state index is 14.1. The Hall–Kier alpha value is -3.45. The van der Waals surface area contributed by atoms with E-state index >= 15 is 0 Å². The second-order valence-electron chi connectivity index (χ2n) is 9.91. The van der Waals surface area contributed by atoms with Gasteiger partial charge >= 0.3 is 0 Å². The molecule has 11 nitrogen and oxygen atoms in total. The van der Waals surface area contributed by atoms with Gasteiger partial charge in [0, 0.05) is 32.8 Å². The minimum atomic E-state index is -3.85. The van der Waals surface area contributed by atoms with Crippen LogP contribution in [0, 0.1) is 5.82 Å². The fourth-order valence-corrected chi connectivity index (χ4v) is 6.60. The van der Waals surface area contributed by atoms with Crippen LogP contribution >= 0.6 is 0 Å². The number of rotatable bonds is 2. The van der Waals surface area contributed by atoms with E-state index in [1.165, 1.54) is 26.3 Å². The number of hydrogen-bond acceptors (Lipinski definition) is 7. The van der Waals surface area contributed by atoms with E-state index in [1.807, 2.05) is 13.8 Å². The molecule has 0 unspecified atom stereocenters. The number of ether oxygens (including phenoxy) is 2. The van der Waals surface area contributed by atoms with E-state index in [-0.39, 0.29) is 59.0 Å². The molecule has 1 amide bonds. The van der Waals surface area contributed by atoms with Crippen LogP contribution in [0.3, 0.4) is 0 Å². The van der Waals surface area contributed by atoms with Gasteiger partial charge in [-0.25, -0.2) is 17.5 Å². The first-order valence-corrected chi connectivity index (χ1v) is 14.5. The van der Waals surface area contributed by atoms with Gasteiger partial charge in [0.15, 0.2) is 17.3 Å². The zero-order valence-electron chi connectivity index (χ0n) is 22.4. The molecule has 0 saturated heterocycles. The third kappa shape index (κ3) is 4.56. The monoisotopic (exact) mass is 561 g/mol. The van der Waals surface area contributed by atoms with Crippen LogP contribution in [0.1, 0.15) is 54.3 Å². The van der Waals surface area contributed by atoms with Gasteiger partial charge in [-0.3, -0.25) is 13.9 Å². The summed E-state index contributed by atoms with van der Waals surface area (Å²) in [6, 6.07) is 3.94. The summed E-state index contributed by atoms with van der Waals surface area (Å²) in [6.45, 7) is 4.96. The highest BCUT2D eigenvalue weighted by Gasteiger charge is 2.39. The van der Waals surface area contributed by atoms with Gasteiger partial charge in [0.2, 0.25) is 10.0 Å². The van der Waals surface area contributed by atoms with Gasteiger partial charge in [-0.2, -0.15) is 0 Å². The zero-order chi connectivity index (χ0) is 28.1. The molecule has 0 radical (unpaired) electrons. The molecule has 0 saturated carbocycles. The van der Waals surface area contributed by atoms with Gasteiger partial charge in [-0.05, 0) is 49.9 Å². The summed E-state index contributed by atoms with van der Waals surface area (Å²) in [7, 11) is -1.07. The highest BCUT2D eigenvalue weighted by atomic mass is 32.2. The van der Waals surface area contributed by atoms with Crippen LogP contribution < -0.4 is 14.6 Å². The summed E-state index contributed by atoms with van der Waals surface area (Å²) in [5.41, 5.74) is 1.04. The van der Waals surface area contributed by atoms with Crippen LogP contribution in [0.15, 0.2) is 23.0 Å². The lowest BCUT2D eigenvalue weighted by atomic mass is 10.1. The molecule has 0 aliphatic carbocycles. The number of hydrogen-bond donors (Lipinski definition) is 0. The Morgan fingerprint density at radius 2 is 1.97 bits per heavy atom. The Bertz CT molecular complexity index is 1620. The van der Waals surface area contributed by atoms with E-state index in [1.54, 1.807) is 15.5 Å². The Morgan fingerprint density at radius 1 is 1.21 bits per heavy atom. The third-order valence-corrected chi connectivity index (χ3v) is 9.25. The largest absolute Gasteiger partial charge is 0.493 e. The molecule has 39 heavy (non-hydrogen) atoms. The standard InChI is InChI=1S/C26H32FN5O6S/c1-5-30-13-16(2)32-21-20(23(37-4)22(32)26(30)34)25(33)31-14-17-8-9-19(27)12-18(17)15-38-10-6-7-11-39(35,36)29(3)24(21)28-31/h8-9,12,16H,5-7,10-11,13-15H2,1-4H3/t16-/m0/s1. The second kappa shape index (κ2) is 10.3. The minimum Gasteiger partial charge on any atom is -0.493 e. The van der Waals surface area contributed by atoms with Crippen LogP contribution in [0.4, 0.5) is 10.2 Å². The lowest BCUT2D eigenvalue weighted by molar-refractivity contribution is 0.0685. The first-order chi connectivity index (χ1) is 18.6. The molecule has 13 heteroatoms. The van der Waals surface area contributed by atoms with E-state index < -0.39 is 21.4 Å². The van der Waals surface area contributed by atoms with Gasteiger partial charge in [-0.15, -0.1) is 5.10 Å². The van der Waals surface area contributed by atoms with Crippen molar-refractivity contribution in [3.8, 4) is 5.75 Å². The number of fused-ring (bicyclic) bond motifs is 7. The topological polar surface area (TPSA) is 116 Å². The quantitative estimate of drug-likeness (QED) is 0.472. The molecule has 0 N–H and O–H groups in total. The van der Waals surface area contributed by atoms with Crippen molar-refractivity contribution < 1.29 is 27.1 Å². The third-order valence-electron chi connectivity index (χ3n) is 7.44. The molecular formula is C26H32FN5O6S.